The number of para-hydroxylation sites is 2. The minimum atomic E-state index is -0.404. The Morgan fingerprint density at radius 3 is 2.72 bits per heavy atom. The van der Waals surface area contributed by atoms with Crippen molar-refractivity contribution in [1.82, 2.24) is 9.97 Å². The quantitative estimate of drug-likeness (QED) is 0.454. The van der Waals surface area contributed by atoms with Gasteiger partial charge in [-0.3, -0.25) is 0 Å². The first-order valence-electron chi connectivity index (χ1n) is 5.39. The number of rotatable bonds is 1. The minimum Gasteiger partial charge on any atom is -0.505 e. The van der Waals surface area contributed by atoms with Crippen LogP contribution in [0.1, 0.15) is 0 Å². The molecule has 4 N–H and O–H groups in total. The van der Waals surface area contributed by atoms with E-state index in [4.69, 9.17) is 5.73 Å². The number of halogens is 1. The summed E-state index contributed by atoms with van der Waals surface area (Å²) in [6.45, 7) is 0. The Kier molecular flexibility index (Phi) is 2.19. The second-order valence-corrected chi connectivity index (χ2v) is 3.96. The van der Waals surface area contributed by atoms with E-state index >= 15 is 0 Å². The number of benzene rings is 2. The fraction of sp³-hybridized carbons (Fsp3) is 0. The van der Waals surface area contributed by atoms with Gasteiger partial charge in [-0.15, -0.1) is 0 Å². The molecule has 1 heterocycles. The Morgan fingerprint density at radius 1 is 1.17 bits per heavy atom. The van der Waals surface area contributed by atoms with Gasteiger partial charge < -0.3 is 15.8 Å². The molecule has 1 aromatic heterocycles. The number of aromatic amines is 1. The molecule has 2 aromatic carbocycles. The molecule has 0 amide bonds. The predicted octanol–water partition coefficient (Wildman–Crippen LogP) is 2.66. The summed E-state index contributed by atoms with van der Waals surface area (Å²) in [5, 5.41) is 9.87. The summed E-state index contributed by atoms with van der Waals surface area (Å²) in [7, 11) is 0. The number of hydrogen-bond donors (Lipinski definition) is 3. The number of aromatic hydroxyl groups is 1. The van der Waals surface area contributed by atoms with E-state index in [1.54, 1.807) is 30.3 Å². The topological polar surface area (TPSA) is 74.9 Å². The number of phenolic OH excluding ortho intramolecular Hbond substituents is 1. The number of anilines is 1. The molecule has 4 nitrogen and oxygen atoms in total. The van der Waals surface area contributed by atoms with Crippen LogP contribution in [-0.2, 0) is 0 Å². The maximum Gasteiger partial charge on any atom is 0.151 e. The van der Waals surface area contributed by atoms with Crippen molar-refractivity contribution in [3.05, 3.63) is 42.2 Å². The zero-order valence-corrected chi connectivity index (χ0v) is 9.31. The van der Waals surface area contributed by atoms with E-state index < -0.39 is 5.82 Å². The summed E-state index contributed by atoms with van der Waals surface area (Å²) in [5.74, 6) is -0.0738. The lowest BCUT2D eigenvalue weighted by atomic mass is 10.1. The molecule has 0 atom stereocenters. The zero-order chi connectivity index (χ0) is 12.7. The highest BCUT2D eigenvalue weighted by Gasteiger charge is 2.12. The summed E-state index contributed by atoms with van der Waals surface area (Å²) >= 11 is 0. The average Bonchev–Trinajstić information content (AvgIpc) is 2.78. The third kappa shape index (κ3) is 1.48. The average molecular weight is 243 g/mol. The van der Waals surface area contributed by atoms with Crippen LogP contribution in [0.2, 0.25) is 0 Å². The summed E-state index contributed by atoms with van der Waals surface area (Å²) in [5.41, 5.74) is 7.14. The number of hydrogen-bond acceptors (Lipinski definition) is 3. The molecule has 0 fully saturated rings. The molecule has 0 radical (unpaired) electrons. The second-order valence-electron chi connectivity index (χ2n) is 3.96. The lowest BCUT2D eigenvalue weighted by Crippen LogP contribution is -1.88. The highest BCUT2D eigenvalue weighted by Crippen LogP contribution is 2.33. The van der Waals surface area contributed by atoms with Crippen molar-refractivity contribution in [2.45, 2.75) is 0 Å². The van der Waals surface area contributed by atoms with Crippen LogP contribution in [0.15, 0.2) is 36.4 Å². The summed E-state index contributed by atoms with van der Waals surface area (Å²) < 4.78 is 13.5. The van der Waals surface area contributed by atoms with Crippen LogP contribution >= 0.6 is 0 Å². The highest BCUT2D eigenvalue weighted by molar-refractivity contribution is 5.82. The molecule has 0 aliphatic heterocycles. The normalized spacial score (nSPS) is 10.9. The van der Waals surface area contributed by atoms with Crippen molar-refractivity contribution in [3.8, 4) is 17.1 Å². The molecule has 3 aromatic rings. The lowest BCUT2D eigenvalue weighted by molar-refractivity contribution is 0.479. The Bertz CT molecular complexity index is 736. The van der Waals surface area contributed by atoms with Gasteiger partial charge in [0.2, 0.25) is 0 Å². The van der Waals surface area contributed by atoms with Gasteiger partial charge in [0.15, 0.2) is 5.82 Å². The maximum absolute atomic E-state index is 13.5. The second kappa shape index (κ2) is 3.73. The molecule has 0 bridgehead atoms. The number of nitrogens with two attached hydrogens (primary N) is 1. The predicted molar refractivity (Wildman–Crippen MR) is 67.6 cm³/mol. The largest absolute Gasteiger partial charge is 0.505 e. The smallest absolute Gasteiger partial charge is 0.151 e. The monoisotopic (exact) mass is 243 g/mol. The van der Waals surface area contributed by atoms with Crippen molar-refractivity contribution in [2.75, 3.05) is 5.73 Å². The molecule has 0 saturated carbocycles. The molecule has 0 spiro atoms. The van der Waals surface area contributed by atoms with E-state index in [-0.39, 0.29) is 17.0 Å². The van der Waals surface area contributed by atoms with E-state index in [1.807, 2.05) is 0 Å². The molecule has 0 aliphatic carbocycles. The van der Waals surface area contributed by atoms with Crippen LogP contribution in [0.5, 0.6) is 5.75 Å². The molecular weight excluding hydrogens is 233 g/mol. The van der Waals surface area contributed by atoms with Gasteiger partial charge in [-0.1, -0.05) is 12.1 Å². The number of phenols is 1. The fourth-order valence-corrected chi connectivity index (χ4v) is 1.88. The van der Waals surface area contributed by atoms with Crippen LogP contribution in [0, 0.1) is 5.82 Å². The van der Waals surface area contributed by atoms with E-state index in [9.17, 15) is 9.50 Å². The molecule has 0 saturated heterocycles. The van der Waals surface area contributed by atoms with Gasteiger partial charge in [0.25, 0.3) is 0 Å². The first-order chi connectivity index (χ1) is 8.66. The van der Waals surface area contributed by atoms with E-state index in [2.05, 4.69) is 9.97 Å². The van der Waals surface area contributed by atoms with Crippen LogP contribution < -0.4 is 5.73 Å². The molecule has 90 valence electrons. The minimum absolute atomic E-state index is 0.0584. The number of H-pyrrole nitrogens is 1. The SMILES string of the molecule is Nc1cccc(-c2nc3c(F)cccc3[nH]2)c1O. The Morgan fingerprint density at radius 2 is 1.94 bits per heavy atom. The van der Waals surface area contributed by atoms with Crippen molar-refractivity contribution in [1.29, 1.82) is 0 Å². The molecule has 3 rings (SSSR count). The third-order valence-electron chi connectivity index (χ3n) is 2.79. The first kappa shape index (κ1) is 10.6. The number of aromatic nitrogens is 2. The standard InChI is InChI=1S/C13H10FN3O/c14-8-4-2-6-10-11(8)17-13(16-10)7-3-1-5-9(15)12(7)18/h1-6,18H,15H2,(H,16,17). The summed E-state index contributed by atoms with van der Waals surface area (Å²) in [6, 6.07) is 9.61. The molecule has 0 aliphatic rings. The van der Waals surface area contributed by atoms with E-state index in [1.165, 1.54) is 6.07 Å². The van der Waals surface area contributed by atoms with Gasteiger partial charge in [-0.2, -0.15) is 0 Å². The number of fused-ring (bicyclic) bond motifs is 1. The van der Waals surface area contributed by atoms with Crippen molar-refractivity contribution < 1.29 is 9.50 Å². The van der Waals surface area contributed by atoms with Crippen LogP contribution in [0.25, 0.3) is 22.4 Å². The first-order valence-corrected chi connectivity index (χ1v) is 5.39. The lowest BCUT2D eigenvalue weighted by Gasteiger charge is -2.03. The third-order valence-corrected chi connectivity index (χ3v) is 2.79. The van der Waals surface area contributed by atoms with Crippen molar-refractivity contribution >= 4 is 16.7 Å². The number of imidazole rings is 1. The van der Waals surface area contributed by atoms with Crippen molar-refractivity contribution in [3.63, 3.8) is 0 Å². The van der Waals surface area contributed by atoms with Crippen LogP contribution in [0.4, 0.5) is 10.1 Å². The van der Waals surface area contributed by atoms with Gasteiger partial charge in [-0.25, -0.2) is 9.37 Å². The van der Waals surface area contributed by atoms with Gasteiger partial charge in [0, 0.05) is 0 Å². The Hall–Kier alpha value is -2.56. The van der Waals surface area contributed by atoms with E-state index in [0.29, 0.717) is 16.9 Å². The number of nitrogens with zero attached hydrogens (tertiary/aromatic N) is 1. The van der Waals surface area contributed by atoms with Gasteiger partial charge in [0.05, 0.1) is 16.8 Å². The number of nitrogen functional groups attached to an aromatic ring is 1. The molecular formula is C13H10FN3O. The molecule has 0 unspecified atom stereocenters. The van der Waals surface area contributed by atoms with Crippen molar-refractivity contribution in [2.24, 2.45) is 0 Å². The van der Waals surface area contributed by atoms with Crippen LogP contribution in [0.3, 0.4) is 0 Å². The maximum atomic E-state index is 13.5. The molecule has 18 heavy (non-hydrogen) atoms. The fourth-order valence-electron chi connectivity index (χ4n) is 1.88. The van der Waals surface area contributed by atoms with Gasteiger partial charge >= 0.3 is 0 Å². The van der Waals surface area contributed by atoms with Gasteiger partial charge in [0.1, 0.15) is 17.1 Å². The highest BCUT2D eigenvalue weighted by atomic mass is 19.1. The Balaban J connectivity index is 2.26. The van der Waals surface area contributed by atoms with Crippen LogP contribution in [-0.4, -0.2) is 15.1 Å². The summed E-state index contributed by atoms with van der Waals surface area (Å²) in [6.07, 6.45) is 0. The van der Waals surface area contributed by atoms with E-state index in [0.717, 1.165) is 0 Å². The summed E-state index contributed by atoms with van der Waals surface area (Å²) in [4.78, 5) is 7.09. The Labute approximate surface area is 102 Å². The van der Waals surface area contributed by atoms with Gasteiger partial charge in [-0.05, 0) is 24.3 Å². The zero-order valence-electron chi connectivity index (χ0n) is 9.31. The number of nitrogens with one attached hydrogen (secondary N) is 1. The molecule has 5 heteroatoms.